The molecule has 0 bridgehead atoms. The molecule has 0 fully saturated rings. The minimum atomic E-state index is -4.02. The summed E-state index contributed by atoms with van der Waals surface area (Å²) in [7, 11) is -4.02. The van der Waals surface area contributed by atoms with Crippen molar-refractivity contribution >= 4 is 55.7 Å². The second kappa shape index (κ2) is 28.0. The first kappa shape index (κ1) is 56.6. The molecule has 5 atom stereocenters. The number of carbonyl (C=O) groups is 1. The number of nitrogens with zero attached hydrogens (tertiary/aromatic N) is 1. The molecule has 0 spiro atoms. The summed E-state index contributed by atoms with van der Waals surface area (Å²) in [6.45, 7) is 28.0. The Morgan fingerprint density at radius 2 is 1.22 bits per heavy atom. The van der Waals surface area contributed by atoms with Crippen LogP contribution in [0.3, 0.4) is 0 Å². The van der Waals surface area contributed by atoms with Crippen LogP contribution < -0.4 is 0 Å². The van der Waals surface area contributed by atoms with Gasteiger partial charge in [0, 0.05) is 32.2 Å². The van der Waals surface area contributed by atoms with Gasteiger partial charge in [-0.3, -0.25) is 4.79 Å². The molecule has 4 heterocycles. The van der Waals surface area contributed by atoms with E-state index in [1.54, 1.807) is 21.8 Å². The van der Waals surface area contributed by atoms with Crippen molar-refractivity contribution in [2.75, 3.05) is 6.54 Å². The lowest BCUT2D eigenvalue weighted by atomic mass is 9.76. The lowest BCUT2D eigenvalue weighted by Crippen LogP contribution is -2.32. The molecule has 0 N–H and O–H groups in total. The Labute approximate surface area is 414 Å². The Bertz CT molecular complexity index is 1810. The highest BCUT2D eigenvalue weighted by Gasteiger charge is 2.53. The number of allylic oxidation sites excluding steroid dienone is 2. The highest BCUT2D eigenvalue weighted by Crippen LogP contribution is 2.65. The van der Waals surface area contributed by atoms with Crippen LogP contribution in [0.4, 0.5) is 0 Å². The van der Waals surface area contributed by atoms with Gasteiger partial charge in [0.25, 0.3) is 15.9 Å². The maximum atomic E-state index is 15.0. The molecule has 65 heavy (non-hydrogen) atoms. The average Bonchev–Trinajstić information content (AvgIpc) is 4.01. The SMILES string of the molecule is C=CC(C)(CCCCC(C)CC)c1sc(C2=C(CCCCCCCC)C3SC(C(C)(CCC)CCC(C)C)=C(CCCCCCCC)C3S2)c2c1S(=O)(=O)N(CCCCCCCC)C2=O. The lowest BCUT2D eigenvalue weighted by Gasteiger charge is -2.33. The van der Waals surface area contributed by atoms with E-state index in [0.29, 0.717) is 39.2 Å². The number of rotatable bonds is 36. The minimum Gasteiger partial charge on any atom is -0.268 e. The molecule has 1 aromatic rings. The zero-order valence-corrected chi connectivity index (χ0v) is 46.9. The van der Waals surface area contributed by atoms with Gasteiger partial charge in [0.2, 0.25) is 0 Å². The normalized spacial score (nSPS) is 20.5. The number of hydrogen-bond donors (Lipinski definition) is 0. The Hall–Kier alpha value is -0.960. The molecule has 5 unspecified atom stereocenters. The molecule has 1 amide bonds. The van der Waals surface area contributed by atoms with Gasteiger partial charge in [-0.2, -0.15) is 0 Å². The van der Waals surface area contributed by atoms with Crippen molar-refractivity contribution < 1.29 is 13.2 Å². The summed E-state index contributed by atoms with van der Waals surface area (Å²) in [6, 6.07) is 0. The van der Waals surface area contributed by atoms with E-state index in [-0.39, 0.29) is 17.9 Å². The fourth-order valence-electron chi connectivity index (χ4n) is 10.7. The average molecular weight is 973 g/mol. The van der Waals surface area contributed by atoms with E-state index < -0.39 is 15.4 Å². The molecule has 372 valence electrons. The van der Waals surface area contributed by atoms with Crippen molar-refractivity contribution in [1.29, 1.82) is 0 Å². The second-order valence-corrected chi connectivity index (χ2v) is 26.7. The molecule has 0 radical (unpaired) electrons. The molecule has 8 heteroatoms. The van der Waals surface area contributed by atoms with E-state index in [1.807, 2.05) is 17.8 Å². The molecular weight excluding hydrogens is 875 g/mol. The number of thioether (sulfide) groups is 2. The Morgan fingerprint density at radius 1 is 0.662 bits per heavy atom. The third-order valence-corrected chi connectivity index (χ3v) is 22.4. The second-order valence-electron chi connectivity index (χ2n) is 21.6. The number of amides is 1. The van der Waals surface area contributed by atoms with Crippen LogP contribution in [0.25, 0.3) is 4.91 Å². The number of carbonyl (C=O) groups excluding carboxylic acids is 1. The van der Waals surface area contributed by atoms with Crippen LogP contribution in [0, 0.1) is 17.3 Å². The predicted molar refractivity (Wildman–Crippen MR) is 291 cm³/mol. The van der Waals surface area contributed by atoms with E-state index in [0.717, 1.165) is 67.5 Å². The van der Waals surface area contributed by atoms with Crippen LogP contribution in [-0.4, -0.2) is 35.7 Å². The van der Waals surface area contributed by atoms with Gasteiger partial charge >= 0.3 is 0 Å². The summed E-state index contributed by atoms with van der Waals surface area (Å²) in [5.41, 5.74) is 3.30. The number of thiophene rings is 1. The third kappa shape index (κ3) is 14.8. The molecule has 3 aliphatic rings. The van der Waals surface area contributed by atoms with Crippen LogP contribution in [0.2, 0.25) is 0 Å². The Balaban J connectivity index is 1.87. The largest absolute Gasteiger partial charge is 0.270 e. The topological polar surface area (TPSA) is 54.5 Å². The van der Waals surface area contributed by atoms with E-state index in [4.69, 9.17) is 0 Å². The Morgan fingerprint density at radius 3 is 1.77 bits per heavy atom. The zero-order chi connectivity index (χ0) is 47.6. The van der Waals surface area contributed by atoms with Crippen molar-refractivity contribution in [2.45, 2.75) is 276 Å². The number of hydrogen-bond acceptors (Lipinski definition) is 6. The van der Waals surface area contributed by atoms with Gasteiger partial charge in [-0.15, -0.1) is 41.4 Å². The summed E-state index contributed by atoms with van der Waals surface area (Å²) < 4.78 is 31.4. The third-order valence-electron chi connectivity index (χ3n) is 15.3. The van der Waals surface area contributed by atoms with Gasteiger partial charge in [0.1, 0.15) is 4.90 Å². The fraction of sp³-hybridized carbons (Fsp3) is 0.807. The van der Waals surface area contributed by atoms with Crippen molar-refractivity contribution in [3.63, 3.8) is 0 Å². The van der Waals surface area contributed by atoms with Gasteiger partial charge in [0.05, 0.1) is 10.4 Å². The quantitative estimate of drug-likeness (QED) is 0.0495. The highest BCUT2D eigenvalue weighted by molar-refractivity contribution is 8.12. The molecule has 1 aromatic heterocycles. The molecular formula is C57H97NO3S4. The van der Waals surface area contributed by atoms with Crippen LogP contribution in [-0.2, 0) is 15.4 Å². The zero-order valence-electron chi connectivity index (χ0n) is 43.6. The van der Waals surface area contributed by atoms with Crippen LogP contribution >= 0.6 is 34.9 Å². The summed E-state index contributed by atoms with van der Waals surface area (Å²) >= 11 is 5.89. The summed E-state index contributed by atoms with van der Waals surface area (Å²) in [6.07, 6.45) is 35.9. The Kier molecular flexibility index (Phi) is 24.4. The van der Waals surface area contributed by atoms with Gasteiger partial charge in [-0.05, 0) is 84.7 Å². The monoisotopic (exact) mass is 972 g/mol. The number of sulfonamides is 1. The first-order chi connectivity index (χ1) is 31.2. The van der Waals surface area contributed by atoms with Crippen molar-refractivity contribution in [1.82, 2.24) is 4.31 Å². The van der Waals surface area contributed by atoms with Crippen molar-refractivity contribution in [2.24, 2.45) is 17.3 Å². The lowest BCUT2D eigenvalue weighted by molar-refractivity contribution is 0.0869. The highest BCUT2D eigenvalue weighted by atomic mass is 32.2. The van der Waals surface area contributed by atoms with Crippen LogP contribution in [0.5, 0.6) is 0 Å². The first-order valence-corrected chi connectivity index (χ1v) is 31.4. The maximum Gasteiger partial charge on any atom is 0.270 e. The summed E-state index contributed by atoms with van der Waals surface area (Å²) in [4.78, 5) is 20.1. The van der Waals surface area contributed by atoms with Gasteiger partial charge in [-0.25, -0.2) is 12.7 Å². The van der Waals surface area contributed by atoms with Crippen molar-refractivity contribution in [3.05, 3.63) is 44.0 Å². The summed E-state index contributed by atoms with van der Waals surface area (Å²) in [5, 5.41) is 0.677. The van der Waals surface area contributed by atoms with E-state index in [9.17, 15) is 0 Å². The van der Waals surface area contributed by atoms with E-state index in [2.05, 4.69) is 87.6 Å². The molecule has 4 nitrogen and oxygen atoms in total. The molecule has 0 saturated heterocycles. The van der Waals surface area contributed by atoms with Crippen molar-refractivity contribution in [3.8, 4) is 0 Å². The molecule has 0 aliphatic carbocycles. The van der Waals surface area contributed by atoms with Gasteiger partial charge < -0.3 is 0 Å². The smallest absolute Gasteiger partial charge is 0.268 e. The molecule has 4 rings (SSSR count). The standard InChI is InChI=1S/C57H97NO3S4/c1-12-18-21-24-27-30-36-45-48-50(46(37-31-28-25-22-19-13-2)53(63-48)57(11,39-15-4)41-38-43(7)8)62-49(45)51-47-52(54(64-51)56(10,17-6)40-33-32-35-44(9)16-5)65(60,61)58(55(47)59)42-34-29-26-23-20-14-3/h17,43-44,48,50H,6,12-16,18-42H2,1-5,7-11H3. The summed E-state index contributed by atoms with van der Waals surface area (Å²) in [5.74, 6) is 1.08. The first-order valence-electron chi connectivity index (χ1n) is 27.4. The fourth-order valence-corrected chi connectivity index (χ4v) is 18.4. The minimum absolute atomic E-state index is 0.163. The van der Waals surface area contributed by atoms with Gasteiger partial charge in [0.15, 0.2) is 0 Å². The van der Waals surface area contributed by atoms with Gasteiger partial charge in [-0.1, -0.05) is 210 Å². The van der Waals surface area contributed by atoms with Crippen LogP contribution in [0.1, 0.15) is 276 Å². The predicted octanol–water partition coefficient (Wildman–Crippen LogP) is 19.2. The molecule has 0 aromatic carbocycles. The molecule has 0 saturated carbocycles. The maximum absolute atomic E-state index is 15.0. The van der Waals surface area contributed by atoms with E-state index >= 15 is 13.2 Å². The number of unbranched alkanes of at least 4 members (excludes halogenated alkanes) is 16. The van der Waals surface area contributed by atoms with E-state index in [1.165, 1.54) is 137 Å². The molecule has 3 aliphatic heterocycles. The number of fused-ring (bicyclic) bond motifs is 2. The van der Waals surface area contributed by atoms with Crippen LogP contribution in [0.15, 0.2) is 33.6 Å².